The van der Waals surface area contributed by atoms with Crippen molar-refractivity contribution < 1.29 is 4.74 Å². The molecule has 3 heteroatoms. The molecular formula is C16H28N2O. The number of hydrogen-bond acceptors (Lipinski definition) is 3. The van der Waals surface area contributed by atoms with Gasteiger partial charge in [-0.05, 0) is 50.9 Å². The maximum absolute atomic E-state index is 9.31. The Kier molecular flexibility index (Phi) is 4.86. The molecule has 0 heterocycles. The number of hydrogen-bond donors (Lipinski definition) is 1. The molecule has 0 aromatic rings. The summed E-state index contributed by atoms with van der Waals surface area (Å²) in [6.07, 6.45) is 7.29. The Morgan fingerprint density at radius 1 is 1.21 bits per heavy atom. The van der Waals surface area contributed by atoms with E-state index >= 15 is 0 Å². The first-order valence-corrected chi connectivity index (χ1v) is 7.83. The van der Waals surface area contributed by atoms with E-state index in [9.17, 15) is 5.26 Å². The summed E-state index contributed by atoms with van der Waals surface area (Å²) in [5.41, 5.74) is -0.408. The van der Waals surface area contributed by atoms with Crippen LogP contribution in [0.1, 0.15) is 59.3 Å². The fraction of sp³-hybridized carbons (Fsp3) is 0.938. The van der Waals surface area contributed by atoms with Gasteiger partial charge in [0.2, 0.25) is 0 Å². The van der Waals surface area contributed by atoms with Crippen molar-refractivity contribution >= 4 is 0 Å². The lowest BCUT2D eigenvalue weighted by atomic mass is 9.80. The minimum atomic E-state index is -0.408. The lowest BCUT2D eigenvalue weighted by Gasteiger charge is -2.32. The Balaban J connectivity index is 1.69. The number of nitrogens with zero attached hydrogens (tertiary/aromatic N) is 1. The molecule has 19 heavy (non-hydrogen) atoms. The Hall–Kier alpha value is -0.590. The van der Waals surface area contributed by atoms with Gasteiger partial charge in [0.05, 0.1) is 12.2 Å². The highest BCUT2D eigenvalue weighted by Gasteiger charge is 2.32. The SMILES string of the molecule is CC1CCC(OCCC(C)(C#N)NC2CC2)CC1C. The van der Waals surface area contributed by atoms with Gasteiger partial charge in [-0.3, -0.25) is 5.32 Å². The minimum Gasteiger partial charge on any atom is -0.378 e. The largest absolute Gasteiger partial charge is 0.378 e. The van der Waals surface area contributed by atoms with Gasteiger partial charge in [-0.2, -0.15) is 5.26 Å². The highest BCUT2D eigenvalue weighted by molar-refractivity contribution is 5.07. The molecule has 4 atom stereocenters. The molecule has 0 aromatic carbocycles. The van der Waals surface area contributed by atoms with Crippen LogP contribution in [0.15, 0.2) is 0 Å². The summed E-state index contributed by atoms with van der Waals surface area (Å²) < 4.78 is 6.01. The fourth-order valence-corrected chi connectivity index (χ4v) is 2.92. The van der Waals surface area contributed by atoms with Crippen LogP contribution in [-0.2, 0) is 4.74 Å². The number of rotatable bonds is 6. The highest BCUT2D eigenvalue weighted by atomic mass is 16.5. The maximum Gasteiger partial charge on any atom is 0.106 e. The van der Waals surface area contributed by atoms with Crippen LogP contribution in [-0.4, -0.2) is 24.3 Å². The van der Waals surface area contributed by atoms with Crippen LogP contribution in [0.3, 0.4) is 0 Å². The van der Waals surface area contributed by atoms with Crippen LogP contribution >= 0.6 is 0 Å². The third kappa shape index (κ3) is 4.47. The maximum atomic E-state index is 9.31. The third-order valence-corrected chi connectivity index (χ3v) is 4.85. The first kappa shape index (κ1) is 14.8. The van der Waals surface area contributed by atoms with Gasteiger partial charge in [0.1, 0.15) is 5.54 Å². The van der Waals surface area contributed by atoms with Crippen molar-refractivity contribution in [1.29, 1.82) is 5.26 Å². The summed E-state index contributed by atoms with van der Waals surface area (Å²) in [4.78, 5) is 0. The van der Waals surface area contributed by atoms with Gasteiger partial charge in [0.15, 0.2) is 0 Å². The molecule has 2 aliphatic carbocycles. The molecule has 0 amide bonds. The molecule has 4 unspecified atom stereocenters. The van der Waals surface area contributed by atoms with Crippen molar-refractivity contribution in [3.63, 3.8) is 0 Å². The number of nitrogens with one attached hydrogen (secondary N) is 1. The Morgan fingerprint density at radius 2 is 1.95 bits per heavy atom. The Bertz CT molecular complexity index is 334. The number of ether oxygens (including phenoxy) is 1. The fourth-order valence-electron chi connectivity index (χ4n) is 2.92. The topological polar surface area (TPSA) is 45.0 Å². The highest BCUT2D eigenvalue weighted by Crippen LogP contribution is 2.31. The molecule has 2 aliphatic rings. The Morgan fingerprint density at radius 3 is 2.53 bits per heavy atom. The van der Waals surface area contributed by atoms with Crippen LogP contribution in [0, 0.1) is 23.2 Å². The zero-order valence-electron chi connectivity index (χ0n) is 12.6. The third-order valence-electron chi connectivity index (χ3n) is 4.85. The van der Waals surface area contributed by atoms with Crippen LogP contribution < -0.4 is 5.32 Å². The summed E-state index contributed by atoms with van der Waals surface area (Å²) in [6.45, 7) is 7.37. The van der Waals surface area contributed by atoms with Crippen molar-refractivity contribution in [2.45, 2.75) is 77.0 Å². The lowest BCUT2D eigenvalue weighted by molar-refractivity contribution is -0.00322. The standard InChI is InChI=1S/C16H28N2O/c1-12-4-7-15(10-13(12)2)19-9-8-16(3,11-17)18-14-5-6-14/h12-15,18H,4-10H2,1-3H3. The van der Waals surface area contributed by atoms with E-state index in [0.717, 1.165) is 18.3 Å². The molecule has 0 radical (unpaired) electrons. The molecule has 0 spiro atoms. The van der Waals surface area contributed by atoms with Crippen molar-refractivity contribution in [3.05, 3.63) is 0 Å². The zero-order chi connectivity index (χ0) is 13.9. The summed E-state index contributed by atoms with van der Waals surface area (Å²) in [5, 5.41) is 12.7. The second kappa shape index (κ2) is 6.24. The van der Waals surface area contributed by atoms with Crippen LogP contribution in [0.4, 0.5) is 0 Å². The predicted octanol–water partition coefficient (Wildman–Crippen LogP) is 3.25. The lowest BCUT2D eigenvalue weighted by Crippen LogP contribution is -2.43. The monoisotopic (exact) mass is 264 g/mol. The van der Waals surface area contributed by atoms with Gasteiger partial charge in [-0.25, -0.2) is 0 Å². The summed E-state index contributed by atoms with van der Waals surface area (Å²) in [5.74, 6) is 1.60. The van der Waals surface area contributed by atoms with Gasteiger partial charge in [-0.1, -0.05) is 13.8 Å². The Labute approximate surface area is 117 Å². The van der Waals surface area contributed by atoms with Gasteiger partial charge >= 0.3 is 0 Å². The van der Waals surface area contributed by atoms with E-state index in [-0.39, 0.29) is 0 Å². The molecular weight excluding hydrogens is 236 g/mol. The molecule has 0 aromatic heterocycles. The van der Waals surface area contributed by atoms with Gasteiger partial charge in [-0.15, -0.1) is 0 Å². The first-order chi connectivity index (χ1) is 9.02. The molecule has 108 valence electrons. The second-order valence-corrected chi connectivity index (χ2v) is 6.87. The van der Waals surface area contributed by atoms with E-state index in [1.807, 2.05) is 6.92 Å². The average molecular weight is 264 g/mol. The molecule has 2 rings (SSSR count). The van der Waals surface area contributed by atoms with Crippen molar-refractivity contribution in [2.24, 2.45) is 11.8 Å². The van der Waals surface area contributed by atoms with Crippen LogP contribution in [0.2, 0.25) is 0 Å². The van der Waals surface area contributed by atoms with E-state index in [4.69, 9.17) is 4.74 Å². The van der Waals surface area contributed by atoms with E-state index in [1.165, 1.54) is 32.1 Å². The van der Waals surface area contributed by atoms with Crippen LogP contribution in [0.5, 0.6) is 0 Å². The smallest absolute Gasteiger partial charge is 0.106 e. The minimum absolute atomic E-state index is 0.408. The molecule has 2 fully saturated rings. The quantitative estimate of drug-likeness (QED) is 0.801. The van der Waals surface area contributed by atoms with Crippen molar-refractivity contribution in [1.82, 2.24) is 5.32 Å². The first-order valence-electron chi connectivity index (χ1n) is 7.83. The van der Waals surface area contributed by atoms with Crippen molar-refractivity contribution in [3.8, 4) is 6.07 Å². The van der Waals surface area contributed by atoms with Crippen molar-refractivity contribution in [2.75, 3.05) is 6.61 Å². The molecule has 3 nitrogen and oxygen atoms in total. The molecule has 2 saturated carbocycles. The predicted molar refractivity (Wildman–Crippen MR) is 76.7 cm³/mol. The van der Waals surface area contributed by atoms with E-state index in [0.29, 0.717) is 18.8 Å². The number of nitriles is 1. The summed E-state index contributed by atoms with van der Waals surface area (Å²) in [6, 6.07) is 2.98. The molecule has 0 bridgehead atoms. The van der Waals surface area contributed by atoms with Gasteiger partial charge < -0.3 is 4.74 Å². The zero-order valence-corrected chi connectivity index (χ0v) is 12.6. The molecule has 0 saturated heterocycles. The van der Waals surface area contributed by atoms with Gasteiger partial charge in [0.25, 0.3) is 0 Å². The second-order valence-electron chi connectivity index (χ2n) is 6.87. The average Bonchev–Trinajstić information content (AvgIpc) is 3.17. The summed E-state index contributed by atoms with van der Waals surface area (Å²) >= 11 is 0. The van der Waals surface area contributed by atoms with E-state index in [1.54, 1.807) is 0 Å². The molecule has 1 N–H and O–H groups in total. The van der Waals surface area contributed by atoms with Crippen LogP contribution in [0.25, 0.3) is 0 Å². The van der Waals surface area contributed by atoms with Gasteiger partial charge in [0, 0.05) is 19.1 Å². The van der Waals surface area contributed by atoms with E-state index < -0.39 is 5.54 Å². The normalized spacial score (nSPS) is 34.5. The molecule has 0 aliphatic heterocycles. The van der Waals surface area contributed by atoms with E-state index in [2.05, 4.69) is 25.2 Å². The summed E-state index contributed by atoms with van der Waals surface area (Å²) in [7, 11) is 0.